The normalized spacial score (nSPS) is 12.6. The molecule has 2 rings (SSSR count). The summed E-state index contributed by atoms with van der Waals surface area (Å²) in [5.74, 6) is 0. The molecule has 0 bridgehead atoms. The molecule has 1 N–H and O–H groups in total. The van der Waals surface area contributed by atoms with Gasteiger partial charge in [0, 0.05) is 21.9 Å². The van der Waals surface area contributed by atoms with E-state index in [1.165, 1.54) is 10.4 Å². The average molecular weight is 325 g/mol. The van der Waals surface area contributed by atoms with Gasteiger partial charge in [-0.3, -0.25) is 0 Å². The minimum absolute atomic E-state index is 0.381. The largest absolute Gasteiger partial charge is 0.310 e. The van der Waals surface area contributed by atoms with Crippen molar-refractivity contribution in [3.8, 4) is 0 Å². The third-order valence-electron chi connectivity index (χ3n) is 3.02. The van der Waals surface area contributed by atoms with Gasteiger partial charge in [-0.25, -0.2) is 4.98 Å². The van der Waals surface area contributed by atoms with Gasteiger partial charge in [0.2, 0.25) is 0 Å². The number of nitrogens with zero attached hydrogens (tertiary/aromatic N) is 1. The first-order chi connectivity index (χ1) is 8.66. The smallest absolute Gasteiger partial charge is 0.0797 e. The van der Waals surface area contributed by atoms with Crippen LogP contribution < -0.4 is 5.32 Å². The Morgan fingerprint density at radius 2 is 2.06 bits per heavy atom. The molecule has 0 amide bonds. The van der Waals surface area contributed by atoms with E-state index in [0.717, 1.165) is 23.1 Å². The molecule has 0 saturated heterocycles. The molecule has 0 saturated carbocycles. The molecule has 96 valence electrons. The predicted octanol–water partition coefficient (Wildman–Crippen LogP) is 4.11. The molecule has 1 aromatic heterocycles. The Kier molecular flexibility index (Phi) is 4.92. The number of thiazole rings is 1. The van der Waals surface area contributed by atoms with Crippen molar-refractivity contribution in [3.63, 3.8) is 0 Å². The lowest BCUT2D eigenvalue weighted by Gasteiger charge is -2.14. The van der Waals surface area contributed by atoms with Gasteiger partial charge < -0.3 is 5.32 Å². The number of halogens is 1. The van der Waals surface area contributed by atoms with Crippen LogP contribution in [0, 0.1) is 6.92 Å². The maximum Gasteiger partial charge on any atom is 0.0797 e. The van der Waals surface area contributed by atoms with Crippen molar-refractivity contribution in [2.24, 2.45) is 0 Å². The highest BCUT2D eigenvalue weighted by Gasteiger charge is 2.05. The molecule has 0 spiro atoms. The summed E-state index contributed by atoms with van der Waals surface area (Å²) in [4.78, 5) is 5.65. The minimum atomic E-state index is 0.381. The zero-order valence-corrected chi connectivity index (χ0v) is 13.0. The lowest BCUT2D eigenvalue weighted by molar-refractivity contribution is 0.578. The zero-order chi connectivity index (χ0) is 13.0. The van der Waals surface area contributed by atoms with Gasteiger partial charge in [-0.05, 0) is 38.0 Å². The molecule has 1 aromatic carbocycles. The van der Waals surface area contributed by atoms with E-state index in [9.17, 15) is 0 Å². The van der Waals surface area contributed by atoms with Crippen LogP contribution in [0.5, 0.6) is 0 Å². The number of hydrogen-bond acceptors (Lipinski definition) is 3. The highest BCUT2D eigenvalue weighted by atomic mass is 79.9. The Balaban J connectivity index is 1.83. The Morgan fingerprint density at radius 1 is 1.33 bits per heavy atom. The van der Waals surface area contributed by atoms with Gasteiger partial charge in [0.05, 0.1) is 11.2 Å². The lowest BCUT2D eigenvalue weighted by atomic mass is 10.1. The zero-order valence-electron chi connectivity index (χ0n) is 10.6. The molecule has 4 heteroatoms. The Bertz CT molecular complexity index is 493. The molecule has 1 unspecified atom stereocenters. The van der Waals surface area contributed by atoms with E-state index in [2.05, 4.69) is 64.3 Å². The summed E-state index contributed by atoms with van der Waals surface area (Å²) in [5, 5.41) is 3.55. The van der Waals surface area contributed by atoms with Crippen LogP contribution >= 0.6 is 27.3 Å². The van der Waals surface area contributed by atoms with E-state index >= 15 is 0 Å². The van der Waals surface area contributed by atoms with Crippen LogP contribution in [0.4, 0.5) is 0 Å². The van der Waals surface area contributed by atoms with Crippen LogP contribution in [-0.2, 0) is 6.42 Å². The van der Waals surface area contributed by atoms with Gasteiger partial charge in [-0.1, -0.05) is 28.1 Å². The first-order valence-corrected chi connectivity index (χ1v) is 7.72. The molecule has 2 aromatic rings. The Hall–Kier alpha value is -0.710. The van der Waals surface area contributed by atoms with Crippen molar-refractivity contribution in [1.82, 2.24) is 10.3 Å². The third kappa shape index (κ3) is 3.64. The summed E-state index contributed by atoms with van der Waals surface area (Å²) in [6, 6.07) is 8.85. The van der Waals surface area contributed by atoms with Gasteiger partial charge in [0.15, 0.2) is 0 Å². The van der Waals surface area contributed by atoms with Crippen molar-refractivity contribution >= 4 is 27.3 Å². The predicted molar refractivity (Wildman–Crippen MR) is 81.1 cm³/mol. The SMILES string of the molecule is Cc1ncsc1CCNC(C)c1ccc(Br)cc1. The van der Waals surface area contributed by atoms with Crippen molar-refractivity contribution in [1.29, 1.82) is 0 Å². The van der Waals surface area contributed by atoms with E-state index in [-0.39, 0.29) is 0 Å². The summed E-state index contributed by atoms with van der Waals surface area (Å²) in [7, 11) is 0. The number of aromatic nitrogens is 1. The van der Waals surface area contributed by atoms with Gasteiger partial charge in [-0.2, -0.15) is 0 Å². The van der Waals surface area contributed by atoms with Crippen LogP contribution in [0.3, 0.4) is 0 Å². The fourth-order valence-corrected chi connectivity index (χ4v) is 2.88. The summed E-state index contributed by atoms with van der Waals surface area (Å²) in [6.07, 6.45) is 1.05. The first-order valence-electron chi connectivity index (χ1n) is 6.04. The second-order valence-electron chi connectivity index (χ2n) is 4.34. The monoisotopic (exact) mass is 324 g/mol. The average Bonchev–Trinajstić information content (AvgIpc) is 2.76. The van der Waals surface area contributed by atoms with Crippen molar-refractivity contribution in [3.05, 3.63) is 50.4 Å². The first kappa shape index (κ1) is 13.7. The van der Waals surface area contributed by atoms with E-state index in [1.807, 2.05) is 5.51 Å². The molecule has 18 heavy (non-hydrogen) atoms. The molecule has 1 atom stereocenters. The van der Waals surface area contributed by atoms with Gasteiger partial charge in [0.25, 0.3) is 0 Å². The number of rotatable bonds is 5. The second kappa shape index (κ2) is 6.45. The molecule has 0 radical (unpaired) electrons. The van der Waals surface area contributed by atoms with Crippen molar-refractivity contribution in [2.45, 2.75) is 26.3 Å². The van der Waals surface area contributed by atoms with Crippen LogP contribution in [0.15, 0.2) is 34.2 Å². The van der Waals surface area contributed by atoms with Gasteiger partial charge in [-0.15, -0.1) is 11.3 Å². The molecule has 0 aliphatic heterocycles. The molecule has 1 heterocycles. The summed E-state index contributed by atoms with van der Waals surface area (Å²) < 4.78 is 1.12. The van der Waals surface area contributed by atoms with E-state index < -0.39 is 0 Å². The molecular formula is C14H17BrN2S. The Labute approximate surface area is 121 Å². The molecule has 0 aliphatic carbocycles. The van der Waals surface area contributed by atoms with Gasteiger partial charge in [0.1, 0.15) is 0 Å². The highest BCUT2D eigenvalue weighted by molar-refractivity contribution is 9.10. The van der Waals surface area contributed by atoms with Gasteiger partial charge >= 0.3 is 0 Å². The second-order valence-corrected chi connectivity index (χ2v) is 6.19. The summed E-state index contributed by atoms with van der Waals surface area (Å²) in [6.45, 7) is 5.26. The maximum atomic E-state index is 4.27. The fraction of sp³-hybridized carbons (Fsp3) is 0.357. The van der Waals surface area contributed by atoms with E-state index in [0.29, 0.717) is 6.04 Å². The quantitative estimate of drug-likeness (QED) is 0.895. The lowest BCUT2D eigenvalue weighted by Crippen LogP contribution is -2.21. The minimum Gasteiger partial charge on any atom is -0.310 e. The Morgan fingerprint density at radius 3 is 2.67 bits per heavy atom. The summed E-state index contributed by atoms with van der Waals surface area (Å²) >= 11 is 5.20. The van der Waals surface area contributed by atoms with Crippen molar-refractivity contribution < 1.29 is 0 Å². The maximum absolute atomic E-state index is 4.27. The van der Waals surface area contributed by atoms with Crippen LogP contribution in [0.2, 0.25) is 0 Å². The number of benzene rings is 1. The van der Waals surface area contributed by atoms with E-state index in [4.69, 9.17) is 0 Å². The van der Waals surface area contributed by atoms with Crippen molar-refractivity contribution in [2.75, 3.05) is 6.54 Å². The third-order valence-corrected chi connectivity index (χ3v) is 4.54. The molecular weight excluding hydrogens is 308 g/mol. The van der Waals surface area contributed by atoms with Crippen LogP contribution in [0.25, 0.3) is 0 Å². The number of aryl methyl sites for hydroxylation is 1. The molecule has 0 aliphatic rings. The molecule has 0 fully saturated rings. The van der Waals surface area contributed by atoms with E-state index in [1.54, 1.807) is 11.3 Å². The van der Waals surface area contributed by atoms with Crippen LogP contribution in [-0.4, -0.2) is 11.5 Å². The number of hydrogen-bond donors (Lipinski definition) is 1. The standard InChI is InChI=1S/C14H17BrN2S/c1-10(12-3-5-13(15)6-4-12)16-8-7-14-11(2)17-9-18-14/h3-6,9-10,16H,7-8H2,1-2H3. The topological polar surface area (TPSA) is 24.9 Å². The summed E-state index contributed by atoms with van der Waals surface area (Å²) in [5.41, 5.74) is 4.40. The molecule has 2 nitrogen and oxygen atoms in total. The van der Waals surface area contributed by atoms with Crippen LogP contribution in [0.1, 0.15) is 29.1 Å². The fourth-order valence-electron chi connectivity index (χ4n) is 1.84. The highest BCUT2D eigenvalue weighted by Crippen LogP contribution is 2.17. The number of nitrogens with one attached hydrogen (secondary N) is 1.